The zero-order valence-electron chi connectivity index (χ0n) is 23.0. The molecule has 7 nitrogen and oxygen atoms in total. The SMILES string of the molecule is CC[C@H](C(=O)NC1CCCCC1)N(Cc1ccccc1Cl)C(=O)CN(c1ccc(Cl)cc1)S(=O)(=O)c1ccccc1. The first-order chi connectivity index (χ1) is 19.7. The molecule has 3 aromatic rings. The predicted molar refractivity (Wildman–Crippen MR) is 164 cm³/mol. The molecule has 10 heteroatoms. The van der Waals surface area contributed by atoms with Gasteiger partial charge in [0.05, 0.1) is 10.6 Å². The molecule has 218 valence electrons. The Bertz CT molecular complexity index is 1430. The van der Waals surface area contributed by atoms with E-state index in [2.05, 4.69) is 5.32 Å². The van der Waals surface area contributed by atoms with Gasteiger partial charge in [-0.25, -0.2) is 8.42 Å². The van der Waals surface area contributed by atoms with Gasteiger partial charge in [-0.05, 0) is 67.3 Å². The number of amides is 2. The second-order valence-electron chi connectivity index (χ2n) is 10.2. The molecular formula is C31H35Cl2N3O4S. The van der Waals surface area contributed by atoms with Gasteiger partial charge in [0, 0.05) is 22.6 Å². The van der Waals surface area contributed by atoms with Gasteiger partial charge in [0.1, 0.15) is 12.6 Å². The summed E-state index contributed by atoms with van der Waals surface area (Å²) in [6.45, 7) is 1.38. The van der Waals surface area contributed by atoms with Crippen LogP contribution in [-0.4, -0.2) is 43.8 Å². The average molecular weight is 617 g/mol. The third-order valence-electron chi connectivity index (χ3n) is 7.36. The van der Waals surface area contributed by atoms with Crippen molar-refractivity contribution in [1.82, 2.24) is 10.2 Å². The van der Waals surface area contributed by atoms with Gasteiger partial charge >= 0.3 is 0 Å². The molecule has 0 spiro atoms. The average Bonchev–Trinajstić information content (AvgIpc) is 2.98. The van der Waals surface area contributed by atoms with Crippen molar-refractivity contribution in [3.05, 3.63) is 94.5 Å². The van der Waals surface area contributed by atoms with Crippen molar-refractivity contribution >= 4 is 50.7 Å². The zero-order valence-corrected chi connectivity index (χ0v) is 25.3. The summed E-state index contributed by atoms with van der Waals surface area (Å²) in [7, 11) is -4.14. The lowest BCUT2D eigenvalue weighted by atomic mass is 9.95. The minimum Gasteiger partial charge on any atom is -0.352 e. The van der Waals surface area contributed by atoms with Gasteiger partial charge in [-0.2, -0.15) is 0 Å². The van der Waals surface area contributed by atoms with Crippen LogP contribution in [0.3, 0.4) is 0 Å². The van der Waals surface area contributed by atoms with E-state index in [9.17, 15) is 18.0 Å². The van der Waals surface area contributed by atoms with Gasteiger partial charge < -0.3 is 10.2 Å². The maximum Gasteiger partial charge on any atom is 0.264 e. The molecule has 0 unspecified atom stereocenters. The Kier molecular flexibility index (Phi) is 10.7. The van der Waals surface area contributed by atoms with Crippen LogP contribution in [0.1, 0.15) is 51.0 Å². The van der Waals surface area contributed by atoms with Crippen LogP contribution in [0, 0.1) is 0 Å². The second-order valence-corrected chi connectivity index (χ2v) is 12.9. The second kappa shape index (κ2) is 14.2. The lowest BCUT2D eigenvalue weighted by molar-refractivity contribution is -0.140. The summed E-state index contributed by atoms with van der Waals surface area (Å²) in [6.07, 6.45) is 5.41. The summed E-state index contributed by atoms with van der Waals surface area (Å²) in [5.41, 5.74) is 0.944. The first kappa shape index (κ1) is 30.9. The number of rotatable bonds is 11. The van der Waals surface area contributed by atoms with Gasteiger partial charge in [0.15, 0.2) is 0 Å². The molecule has 3 aromatic carbocycles. The van der Waals surface area contributed by atoms with Gasteiger partial charge in [0.25, 0.3) is 10.0 Å². The number of carbonyl (C=O) groups is 2. The van der Waals surface area contributed by atoms with Crippen LogP contribution in [0.4, 0.5) is 5.69 Å². The molecule has 0 aromatic heterocycles. The summed E-state index contributed by atoms with van der Waals surface area (Å²) < 4.78 is 28.8. The van der Waals surface area contributed by atoms with E-state index in [1.54, 1.807) is 60.7 Å². The molecule has 1 aliphatic rings. The van der Waals surface area contributed by atoms with Crippen LogP contribution in [-0.2, 0) is 26.2 Å². The van der Waals surface area contributed by atoms with Gasteiger partial charge in [0.2, 0.25) is 11.8 Å². The molecule has 41 heavy (non-hydrogen) atoms. The third-order valence-corrected chi connectivity index (χ3v) is 9.77. The van der Waals surface area contributed by atoms with Gasteiger partial charge in [-0.1, -0.05) is 85.8 Å². The standard InChI is InChI=1S/C31H35Cl2N3O4S/c1-2-29(31(38)34-25-12-5-3-6-13-25)35(21-23-11-9-10-16-28(23)33)30(37)22-36(26-19-17-24(32)18-20-26)41(39,40)27-14-7-4-8-15-27/h4,7-11,14-20,25,29H,2-3,5-6,12-13,21-22H2,1H3,(H,34,38)/t29-/m1/s1. The number of hydrogen-bond acceptors (Lipinski definition) is 4. The van der Waals surface area contributed by atoms with E-state index < -0.39 is 28.5 Å². The smallest absolute Gasteiger partial charge is 0.264 e. The summed E-state index contributed by atoms with van der Waals surface area (Å²) in [5.74, 6) is -0.770. The van der Waals surface area contributed by atoms with Gasteiger partial charge in [-0.15, -0.1) is 0 Å². The zero-order chi connectivity index (χ0) is 29.4. The predicted octanol–water partition coefficient (Wildman–Crippen LogP) is 6.45. The largest absolute Gasteiger partial charge is 0.352 e. The number of benzene rings is 3. The van der Waals surface area contributed by atoms with Crippen molar-refractivity contribution in [2.75, 3.05) is 10.8 Å². The lowest BCUT2D eigenvalue weighted by Crippen LogP contribution is -2.54. The molecule has 1 fully saturated rings. The van der Waals surface area contributed by atoms with Crippen molar-refractivity contribution in [2.24, 2.45) is 0 Å². The Balaban J connectivity index is 1.70. The topological polar surface area (TPSA) is 86.8 Å². The Hall–Kier alpha value is -3.07. The monoisotopic (exact) mass is 615 g/mol. The number of nitrogens with one attached hydrogen (secondary N) is 1. The molecule has 0 radical (unpaired) electrons. The van der Waals surface area contributed by atoms with E-state index in [1.807, 2.05) is 13.0 Å². The Morgan fingerprint density at radius 3 is 2.17 bits per heavy atom. The van der Waals surface area contributed by atoms with Crippen molar-refractivity contribution in [3.8, 4) is 0 Å². The van der Waals surface area contributed by atoms with Crippen LogP contribution < -0.4 is 9.62 Å². The van der Waals surface area contributed by atoms with Crippen molar-refractivity contribution < 1.29 is 18.0 Å². The first-order valence-corrected chi connectivity index (χ1v) is 16.1. The fourth-order valence-corrected chi connectivity index (χ4v) is 6.89. The third kappa shape index (κ3) is 7.82. The molecule has 0 heterocycles. The molecule has 4 rings (SSSR count). The van der Waals surface area contributed by atoms with E-state index in [0.29, 0.717) is 22.0 Å². The van der Waals surface area contributed by atoms with E-state index in [4.69, 9.17) is 23.2 Å². The number of sulfonamides is 1. The fourth-order valence-electron chi connectivity index (χ4n) is 5.13. The van der Waals surface area contributed by atoms with E-state index in [0.717, 1.165) is 36.4 Å². The summed E-state index contributed by atoms with van der Waals surface area (Å²) >= 11 is 12.6. The minimum absolute atomic E-state index is 0.0440. The molecule has 0 bridgehead atoms. The number of nitrogens with zero attached hydrogens (tertiary/aromatic N) is 2. The van der Waals surface area contributed by atoms with Crippen molar-refractivity contribution in [3.63, 3.8) is 0 Å². The van der Waals surface area contributed by atoms with E-state index in [1.165, 1.54) is 17.0 Å². The molecular weight excluding hydrogens is 581 g/mol. The van der Waals surface area contributed by atoms with E-state index in [-0.39, 0.29) is 29.1 Å². The highest BCUT2D eigenvalue weighted by Gasteiger charge is 2.34. The van der Waals surface area contributed by atoms with Crippen LogP contribution in [0.25, 0.3) is 0 Å². The summed E-state index contributed by atoms with van der Waals surface area (Å²) in [4.78, 5) is 29.2. The van der Waals surface area contributed by atoms with E-state index >= 15 is 0 Å². The molecule has 0 aliphatic heterocycles. The van der Waals surface area contributed by atoms with Crippen LogP contribution in [0.5, 0.6) is 0 Å². The fraction of sp³-hybridized carbons (Fsp3) is 0.355. The number of anilines is 1. The highest BCUT2D eigenvalue weighted by Crippen LogP contribution is 2.27. The Morgan fingerprint density at radius 1 is 0.902 bits per heavy atom. The lowest BCUT2D eigenvalue weighted by Gasteiger charge is -2.34. The Labute approximate surface area is 252 Å². The molecule has 1 atom stereocenters. The van der Waals surface area contributed by atoms with Crippen LogP contribution >= 0.6 is 23.2 Å². The number of halogens is 2. The quantitative estimate of drug-likeness (QED) is 0.269. The number of carbonyl (C=O) groups excluding carboxylic acids is 2. The van der Waals surface area contributed by atoms with Crippen molar-refractivity contribution in [2.45, 2.75) is 69.0 Å². The molecule has 1 aliphatic carbocycles. The summed E-state index contributed by atoms with van der Waals surface area (Å²) in [6, 6.07) is 20.6. The molecule has 0 saturated heterocycles. The number of hydrogen-bond donors (Lipinski definition) is 1. The highest BCUT2D eigenvalue weighted by molar-refractivity contribution is 7.92. The van der Waals surface area contributed by atoms with Crippen LogP contribution in [0.15, 0.2) is 83.8 Å². The molecule has 1 N–H and O–H groups in total. The maximum absolute atomic E-state index is 14.2. The van der Waals surface area contributed by atoms with Gasteiger partial charge in [-0.3, -0.25) is 13.9 Å². The van der Waals surface area contributed by atoms with Crippen LogP contribution in [0.2, 0.25) is 10.0 Å². The summed E-state index contributed by atoms with van der Waals surface area (Å²) in [5, 5.41) is 4.03. The van der Waals surface area contributed by atoms with Crippen molar-refractivity contribution in [1.29, 1.82) is 0 Å². The first-order valence-electron chi connectivity index (χ1n) is 13.9. The molecule has 2 amide bonds. The highest BCUT2D eigenvalue weighted by atomic mass is 35.5. The molecule has 1 saturated carbocycles. The Morgan fingerprint density at radius 2 is 1.54 bits per heavy atom. The normalized spacial score (nSPS) is 14.7. The minimum atomic E-state index is -4.14. The maximum atomic E-state index is 14.2.